The predicted octanol–water partition coefficient (Wildman–Crippen LogP) is 2.52. The summed E-state index contributed by atoms with van der Waals surface area (Å²) >= 11 is 12.1. The fourth-order valence-electron chi connectivity index (χ4n) is 2.96. The molecule has 2 aromatic rings. The van der Waals surface area contributed by atoms with Gasteiger partial charge in [-0.15, -0.1) is 5.10 Å². The van der Waals surface area contributed by atoms with Crippen LogP contribution in [0, 0.1) is 0 Å². The number of benzene rings is 1. The molecule has 1 aromatic heterocycles. The van der Waals surface area contributed by atoms with Gasteiger partial charge in [-0.1, -0.05) is 34.5 Å². The zero-order valence-corrected chi connectivity index (χ0v) is 14.9. The number of carbonyl (C=O) groups is 1. The van der Waals surface area contributed by atoms with Crippen molar-refractivity contribution in [2.75, 3.05) is 13.1 Å². The number of amides is 1. The molecule has 1 amide bonds. The molecule has 2 heterocycles. The minimum atomic E-state index is -0.186. The van der Waals surface area contributed by atoms with Crippen LogP contribution in [0.2, 0.25) is 10.0 Å². The van der Waals surface area contributed by atoms with E-state index >= 15 is 0 Å². The smallest absolute Gasteiger partial charge is 0.253 e. The van der Waals surface area contributed by atoms with Crippen molar-refractivity contribution >= 4 is 29.1 Å². The fraction of sp³-hybridized carbons (Fsp3) is 0.438. The van der Waals surface area contributed by atoms with Gasteiger partial charge in [-0.3, -0.25) is 14.4 Å². The average Bonchev–Trinajstić information content (AvgIpc) is 2.95. The van der Waals surface area contributed by atoms with E-state index in [1.165, 1.54) is 0 Å². The Kier molecular flexibility index (Phi) is 5.38. The molecule has 1 fully saturated rings. The molecular weight excluding hydrogens is 349 g/mol. The summed E-state index contributed by atoms with van der Waals surface area (Å²) in [5.74, 6) is -0.186. The first-order chi connectivity index (χ1) is 11.5. The number of halogens is 2. The minimum Gasteiger partial charge on any atom is -0.348 e. The Balaban J connectivity index is 1.60. The summed E-state index contributed by atoms with van der Waals surface area (Å²) in [7, 11) is 1.85. The number of rotatable bonds is 4. The summed E-state index contributed by atoms with van der Waals surface area (Å²) in [5.41, 5.74) is 1.34. The van der Waals surface area contributed by atoms with Crippen LogP contribution < -0.4 is 5.32 Å². The van der Waals surface area contributed by atoms with Gasteiger partial charge >= 0.3 is 0 Å². The molecule has 0 bridgehead atoms. The highest BCUT2D eigenvalue weighted by molar-refractivity contribution is 6.43. The zero-order chi connectivity index (χ0) is 17.1. The molecule has 1 aliphatic heterocycles. The molecule has 1 aromatic carbocycles. The van der Waals surface area contributed by atoms with Crippen LogP contribution in [0.3, 0.4) is 0 Å². The molecule has 0 saturated carbocycles. The summed E-state index contributed by atoms with van der Waals surface area (Å²) < 4.78 is 1.69. The van der Waals surface area contributed by atoms with Gasteiger partial charge in [0, 0.05) is 32.4 Å². The lowest BCUT2D eigenvalue weighted by Crippen LogP contribution is -2.47. The number of nitrogens with zero attached hydrogens (tertiary/aromatic N) is 4. The monoisotopic (exact) mass is 367 g/mol. The van der Waals surface area contributed by atoms with E-state index in [9.17, 15) is 4.79 Å². The molecule has 0 unspecified atom stereocenters. The van der Waals surface area contributed by atoms with Gasteiger partial charge in [0.15, 0.2) is 0 Å². The Bertz CT molecular complexity index is 733. The summed E-state index contributed by atoms with van der Waals surface area (Å²) in [6.07, 6.45) is 3.88. The van der Waals surface area contributed by atoms with Crippen LogP contribution in [0.1, 0.15) is 28.9 Å². The number of hydrogen-bond acceptors (Lipinski definition) is 4. The highest BCUT2D eigenvalue weighted by atomic mass is 35.5. The Morgan fingerprint density at radius 1 is 1.42 bits per heavy atom. The van der Waals surface area contributed by atoms with Crippen LogP contribution in [-0.4, -0.2) is 44.9 Å². The Labute approximate surface area is 150 Å². The molecule has 3 rings (SSSR count). The molecule has 24 heavy (non-hydrogen) atoms. The highest BCUT2D eigenvalue weighted by Crippen LogP contribution is 2.25. The van der Waals surface area contributed by atoms with E-state index in [1.54, 1.807) is 22.9 Å². The summed E-state index contributed by atoms with van der Waals surface area (Å²) in [5, 5.41) is 11.8. The molecule has 1 atom stereocenters. The molecular formula is C16H19Cl2N5O. The third-order valence-electron chi connectivity index (χ3n) is 4.07. The van der Waals surface area contributed by atoms with Crippen LogP contribution in [0.25, 0.3) is 0 Å². The van der Waals surface area contributed by atoms with Crippen LogP contribution in [0.15, 0.2) is 24.4 Å². The van der Waals surface area contributed by atoms with E-state index in [1.807, 2.05) is 13.2 Å². The molecule has 6 nitrogen and oxygen atoms in total. The molecule has 0 radical (unpaired) electrons. The van der Waals surface area contributed by atoms with Crippen molar-refractivity contribution in [1.82, 2.24) is 25.2 Å². The van der Waals surface area contributed by atoms with Gasteiger partial charge in [-0.25, -0.2) is 0 Å². The average molecular weight is 368 g/mol. The maximum absolute atomic E-state index is 12.5. The van der Waals surface area contributed by atoms with Gasteiger partial charge in [-0.05, 0) is 31.5 Å². The van der Waals surface area contributed by atoms with E-state index in [4.69, 9.17) is 23.2 Å². The maximum atomic E-state index is 12.5. The van der Waals surface area contributed by atoms with Crippen molar-refractivity contribution < 1.29 is 4.79 Å². The van der Waals surface area contributed by atoms with E-state index in [0.717, 1.165) is 38.2 Å². The summed E-state index contributed by atoms with van der Waals surface area (Å²) in [4.78, 5) is 14.7. The van der Waals surface area contributed by atoms with E-state index in [0.29, 0.717) is 15.6 Å². The SMILES string of the molecule is Cn1cc(CN2CCC[C@@H](NC(=O)c3cccc(Cl)c3Cl)C2)nn1. The number of likely N-dealkylation sites (tertiary alicyclic amines) is 1. The number of aryl methyl sites for hydroxylation is 1. The number of aromatic nitrogens is 3. The van der Waals surface area contributed by atoms with Crippen LogP contribution in [0.5, 0.6) is 0 Å². The molecule has 1 aliphatic rings. The molecule has 1 saturated heterocycles. The molecule has 0 spiro atoms. The topological polar surface area (TPSA) is 63.0 Å². The third-order valence-corrected chi connectivity index (χ3v) is 4.89. The van der Waals surface area contributed by atoms with Crippen molar-refractivity contribution in [2.45, 2.75) is 25.4 Å². The second-order valence-corrected chi connectivity index (χ2v) is 6.82. The van der Waals surface area contributed by atoms with Crippen molar-refractivity contribution in [3.8, 4) is 0 Å². The molecule has 128 valence electrons. The number of hydrogen-bond donors (Lipinski definition) is 1. The van der Waals surface area contributed by atoms with Crippen LogP contribution in [-0.2, 0) is 13.6 Å². The zero-order valence-electron chi connectivity index (χ0n) is 13.4. The first-order valence-corrected chi connectivity index (χ1v) is 8.61. The van der Waals surface area contributed by atoms with Crippen molar-refractivity contribution in [1.29, 1.82) is 0 Å². The largest absolute Gasteiger partial charge is 0.348 e. The van der Waals surface area contributed by atoms with E-state index < -0.39 is 0 Å². The Morgan fingerprint density at radius 2 is 2.25 bits per heavy atom. The Hall–Kier alpha value is -1.63. The summed E-state index contributed by atoms with van der Waals surface area (Å²) in [6, 6.07) is 5.16. The van der Waals surface area contributed by atoms with Gasteiger partial charge in [0.25, 0.3) is 5.91 Å². The standard InChI is InChI=1S/C16H19Cl2N5O/c1-22-8-12(20-21-22)10-23-7-3-4-11(9-23)19-16(24)13-5-2-6-14(17)15(13)18/h2,5-6,8,11H,3-4,7,9-10H2,1H3,(H,19,24)/t11-/m1/s1. The first kappa shape index (κ1) is 17.2. The lowest BCUT2D eigenvalue weighted by molar-refractivity contribution is 0.0900. The van der Waals surface area contributed by atoms with Gasteiger partial charge in [-0.2, -0.15) is 0 Å². The van der Waals surface area contributed by atoms with E-state index in [2.05, 4.69) is 20.5 Å². The van der Waals surface area contributed by atoms with Gasteiger partial charge < -0.3 is 5.32 Å². The number of piperidine rings is 1. The number of carbonyl (C=O) groups excluding carboxylic acids is 1. The molecule has 0 aliphatic carbocycles. The molecule has 1 N–H and O–H groups in total. The minimum absolute atomic E-state index is 0.0815. The maximum Gasteiger partial charge on any atom is 0.253 e. The second-order valence-electron chi connectivity index (χ2n) is 6.03. The first-order valence-electron chi connectivity index (χ1n) is 7.85. The Morgan fingerprint density at radius 3 is 3.00 bits per heavy atom. The van der Waals surface area contributed by atoms with E-state index in [-0.39, 0.29) is 11.9 Å². The third kappa shape index (κ3) is 4.06. The van der Waals surface area contributed by atoms with Gasteiger partial charge in [0.2, 0.25) is 0 Å². The van der Waals surface area contributed by atoms with Crippen LogP contribution >= 0.6 is 23.2 Å². The van der Waals surface area contributed by atoms with Crippen molar-refractivity contribution in [3.05, 3.63) is 45.7 Å². The normalized spacial score (nSPS) is 18.5. The van der Waals surface area contributed by atoms with Gasteiger partial charge in [0.1, 0.15) is 0 Å². The highest BCUT2D eigenvalue weighted by Gasteiger charge is 2.23. The molecule has 8 heteroatoms. The summed E-state index contributed by atoms with van der Waals surface area (Å²) in [6.45, 7) is 2.50. The predicted molar refractivity (Wildman–Crippen MR) is 93.2 cm³/mol. The second kappa shape index (κ2) is 7.51. The van der Waals surface area contributed by atoms with Crippen molar-refractivity contribution in [3.63, 3.8) is 0 Å². The quantitative estimate of drug-likeness (QED) is 0.901. The fourth-order valence-corrected chi connectivity index (χ4v) is 3.34. The lowest BCUT2D eigenvalue weighted by Gasteiger charge is -2.32. The van der Waals surface area contributed by atoms with Crippen molar-refractivity contribution in [2.24, 2.45) is 7.05 Å². The number of nitrogens with one attached hydrogen (secondary N) is 1. The lowest BCUT2D eigenvalue weighted by atomic mass is 10.0. The van der Waals surface area contributed by atoms with Crippen LogP contribution in [0.4, 0.5) is 0 Å². The van der Waals surface area contributed by atoms with Gasteiger partial charge in [0.05, 0.1) is 21.3 Å².